The summed E-state index contributed by atoms with van der Waals surface area (Å²) in [5.74, 6) is 1.13. The number of piperidine rings is 1. The van der Waals surface area contributed by atoms with E-state index in [1.165, 1.54) is 25.3 Å². The molecule has 6 nitrogen and oxygen atoms in total. The van der Waals surface area contributed by atoms with Gasteiger partial charge in [-0.1, -0.05) is 12.5 Å². The van der Waals surface area contributed by atoms with Crippen LogP contribution in [0.4, 0.5) is 4.39 Å². The number of furan rings is 1. The molecule has 1 unspecified atom stereocenters. The summed E-state index contributed by atoms with van der Waals surface area (Å²) in [6, 6.07) is 10.5. The van der Waals surface area contributed by atoms with Gasteiger partial charge in [-0.3, -0.25) is 9.89 Å². The molecule has 1 aromatic carbocycles. The van der Waals surface area contributed by atoms with Crippen LogP contribution in [0.25, 0.3) is 0 Å². The van der Waals surface area contributed by atoms with E-state index in [0.29, 0.717) is 23.6 Å². The predicted molar refractivity (Wildman–Crippen MR) is 106 cm³/mol. The minimum atomic E-state index is -0.399. The van der Waals surface area contributed by atoms with Crippen LogP contribution in [0, 0.1) is 17.1 Å². The van der Waals surface area contributed by atoms with Gasteiger partial charge in [0.15, 0.2) is 5.96 Å². The molecule has 1 atom stereocenters. The number of nitriles is 1. The number of halogens is 1. The lowest BCUT2D eigenvalue weighted by Crippen LogP contribution is -2.44. The molecule has 2 N–H and O–H groups in total. The third-order valence-electron chi connectivity index (χ3n) is 5.02. The maximum absolute atomic E-state index is 14.1. The lowest BCUT2D eigenvalue weighted by Gasteiger charge is -2.33. The molecule has 3 rings (SSSR count). The van der Waals surface area contributed by atoms with Crippen LogP contribution in [-0.2, 0) is 6.54 Å². The summed E-state index contributed by atoms with van der Waals surface area (Å²) < 4.78 is 19.7. The van der Waals surface area contributed by atoms with Crippen molar-refractivity contribution < 1.29 is 8.81 Å². The standard InChI is InChI=1S/C21H26FN5O/c1-24-21(25-14-17-8-7-16(13-23)12-18(17)22)26-15-19(20-6-5-11-28-20)27-9-3-2-4-10-27/h5-8,11-12,19H,2-4,9-10,14-15H2,1H3,(H2,24,25,26). The van der Waals surface area contributed by atoms with Crippen molar-refractivity contribution in [1.29, 1.82) is 5.26 Å². The van der Waals surface area contributed by atoms with Gasteiger partial charge < -0.3 is 15.1 Å². The molecule has 1 fully saturated rings. The number of nitrogens with zero attached hydrogens (tertiary/aromatic N) is 3. The van der Waals surface area contributed by atoms with Crippen molar-refractivity contribution in [2.45, 2.75) is 31.8 Å². The topological polar surface area (TPSA) is 76.6 Å². The molecule has 28 heavy (non-hydrogen) atoms. The Morgan fingerprint density at radius 2 is 2.11 bits per heavy atom. The lowest BCUT2D eigenvalue weighted by molar-refractivity contribution is 0.146. The van der Waals surface area contributed by atoms with E-state index in [4.69, 9.17) is 9.68 Å². The fraction of sp³-hybridized carbons (Fsp3) is 0.429. The normalized spacial score (nSPS) is 16.4. The molecule has 7 heteroatoms. The third kappa shape index (κ3) is 5.11. The zero-order valence-corrected chi connectivity index (χ0v) is 16.1. The number of likely N-dealkylation sites (tertiary alicyclic amines) is 1. The Bertz CT molecular complexity index is 822. The summed E-state index contributed by atoms with van der Waals surface area (Å²) in [5.41, 5.74) is 0.798. The highest BCUT2D eigenvalue weighted by Gasteiger charge is 2.24. The van der Waals surface area contributed by atoms with E-state index in [-0.39, 0.29) is 12.6 Å². The number of nitrogens with one attached hydrogen (secondary N) is 2. The zero-order chi connectivity index (χ0) is 19.8. The average Bonchev–Trinajstić information content (AvgIpc) is 3.26. The van der Waals surface area contributed by atoms with Gasteiger partial charge in [0.05, 0.1) is 23.9 Å². The van der Waals surface area contributed by atoms with Gasteiger partial charge in [0.2, 0.25) is 0 Å². The maximum Gasteiger partial charge on any atom is 0.191 e. The first-order valence-electron chi connectivity index (χ1n) is 9.61. The summed E-state index contributed by atoms with van der Waals surface area (Å²) in [6.45, 7) is 3.03. The zero-order valence-electron chi connectivity index (χ0n) is 16.1. The SMILES string of the molecule is CN=C(NCc1ccc(C#N)cc1F)NCC(c1ccco1)N1CCCCC1. The van der Waals surface area contributed by atoms with Gasteiger partial charge in [-0.15, -0.1) is 0 Å². The van der Waals surface area contributed by atoms with Crippen LogP contribution in [0.3, 0.4) is 0 Å². The molecule has 1 aliphatic heterocycles. The molecule has 0 saturated carbocycles. The average molecular weight is 383 g/mol. The van der Waals surface area contributed by atoms with E-state index in [1.54, 1.807) is 25.4 Å². The van der Waals surface area contributed by atoms with Crippen LogP contribution in [0.1, 0.15) is 42.2 Å². The summed E-state index contributed by atoms with van der Waals surface area (Å²) in [4.78, 5) is 6.67. The second-order valence-corrected chi connectivity index (χ2v) is 6.85. The molecular formula is C21H26FN5O. The van der Waals surface area contributed by atoms with E-state index < -0.39 is 5.82 Å². The Labute approximate surface area is 165 Å². The van der Waals surface area contributed by atoms with Crippen LogP contribution in [-0.4, -0.2) is 37.5 Å². The first kappa shape index (κ1) is 19.9. The highest BCUT2D eigenvalue weighted by atomic mass is 19.1. The Morgan fingerprint density at radius 3 is 2.75 bits per heavy atom. The van der Waals surface area contributed by atoms with Gasteiger partial charge >= 0.3 is 0 Å². The van der Waals surface area contributed by atoms with Crippen molar-refractivity contribution in [2.24, 2.45) is 4.99 Å². The fourth-order valence-electron chi connectivity index (χ4n) is 3.47. The number of hydrogen-bond donors (Lipinski definition) is 2. The minimum absolute atomic E-state index is 0.125. The van der Waals surface area contributed by atoms with Crippen LogP contribution >= 0.6 is 0 Å². The first-order valence-corrected chi connectivity index (χ1v) is 9.61. The molecule has 148 valence electrons. The Balaban J connectivity index is 1.59. The van der Waals surface area contributed by atoms with Crippen LogP contribution in [0.2, 0.25) is 0 Å². The molecule has 0 aliphatic carbocycles. The molecule has 2 aromatic rings. The number of hydrogen-bond acceptors (Lipinski definition) is 4. The van der Waals surface area contributed by atoms with E-state index in [2.05, 4.69) is 20.5 Å². The number of benzene rings is 1. The number of aliphatic imine (C=N–C) groups is 1. The monoisotopic (exact) mass is 383 g/mol. The first-order chi connectivity index (χ1) is 13.7. The van der Waals surface area contributed by atoms with Gasteiger partial charge in [-0.05, 0) is 50.2 Å². The number of guanidine groups is 1. The molecule has 0 radical (unpaired) electrons. The van der Waals surface area contributed by atoms with E-state index in [0.717, 1.165) is 18.8 Å². The van der Waals surface area contributed by atoms with Gasteiger partial charge in [0.1, 0.15) is 11.6 Å². The maximum atomic E-state index is 14.1. The van der Waals surface area contributed by atoms with Crippen molar-refractivity contribution in [3.8, 4) is 6.07 Å². The molecular weight excluding hydrogens is 357 g/mol. The second kappa shape index (κ2) is 9.90. The van der Waals surface area contributed by atoms with Crippen LogP contribution in [0.5, 0.6) is 0 Å². The third-order valence-corrected chi connectivity index (χ3v) is 5.02. The summed E-state index contributed by atoms with van der Waals surface area (Å²) in [7, 11) is 1.69. The van der Waals surface area contributed by atoms with E-state index in [9.17, 15) is 4.39 Å². The van der Waals surface area contributed by atoms with E-state index in [1.807, 2.05) is 18.2 Å². The van der Waals surface area contributed by atoms with Gasteiger partial charge in [-0.25, -0.2) is 4.39 Å². The molecule has 0 bridgehead atoms. The van der Waals surface area contributed by atoms with Crippen LogP contribution < -0.4 is 10.6 Å². The van der Waals surface area contributed by atoms with E-state index >= 15 is 0 Å². The molecule has 2 heterocycles. The van der Waals surface area contributed by atoms with Crippen molar-refractivity contribution in [3.05, 3.63) is 59.3 Å². The minimum Gasteiger partial charge on any atom is -0.468 e. The van der Waals surface area contributed by atoms with Crippen molar-refractivity contribution >= 4 is 5.96 Å². The Morgan fingerprint density at radius 1 is 1.29 bits per heavy atom. The Kier molecular flexibility index (Phi) is 7.04. The van der Waals surface area contributed by atoms with Gasteiger partial charge in [0.25, 0.3) is 0 Å². The predicted octanol–water partition coefficient (Wildman–Crippen LogP) is 3.18. The lowest BCUT2D eigenvalue weighted by atomic mass is 10.1. The van der Waals surface area contributed by atoms with Crippen molar-refractivity contribution in [1.82, 2.24) is 15.5 Å². The van der Waals surface area contributed by atoms with Crippen molar-refractivity contribution in [2.75, 3.05) is 26.7 Å². The van der Waals surface area contributed by atoms with Gasteiger partial charge in [0, 0.05) is 25.7 Å². The van der Waals surface area contributed by atoms with Crippen LogP contribution in [0.15, 0.2) is 46.0 Å². The molecule has 0 spiro atoms. The molecule has 1 aliphatic rings. The molecule has 1 aromatic heterocycles. The summed E-state index contributed by atoms with van der Waals surface area (Å²) in [6.07, 6.45) is 5.37. The smallest absolute Gasteiger partial charge is 0.191 e. The number of rotatable bonds is 6. The highest BCUT2D eigenvalue weighted by Crippen LogP contribution is 2.24. The highest BCUT2D eigenvalue weighted by molar-refractivity contribution is 5.79. The van der Waals surface area contributed by atoms with Gasteiger partial charge in [-0.2, -0.15) is 5.26 Å². The second-order valence-electron chi connectivity index (χ2n) is 6.85. The summed E-state index contributed by atoms with van der Waals surface area (Å²) >= 11 is 0. The quantitative estimate of drug-likeness (QED) is 0.592. The summed E-state index contributed by atoms with van der Waals surface area (Å²) in [5, 5.41) is 15.3. The molecule has 1 saturated heterocycles. The van der Waals surface area contributed by atoms with Crippen molar-refractivity contribution in [3.63, 3.8) is 0 Å². The molecule has 0 amide bonds. The largest absolute Gasteiger partial charge is 0.468 e. The Hall–Kier alpha value is -2.85. The fourth-order valence-corrected chi connectivity index (χ4v) is 3.47.